The fourth-order valence-electron chi connectivity index (χ4n) is 3.55. The van der Waals surface area contributed by atoms with Crippen LogP contribution in [0.25, 0.3) is 0 Å². The molecule has 1 amide bonds. The van der Waals surface area contributed by atoms with Crippen molar-refractivity contribution in [1.82, 2.24) is 5.32 Å². The van der Waals surface area contributed by atoms with Crippen molar-refractivity contribution in [3.63, 3.8) is 0 Å². The van der Waals surface area contributed by atoms with Gasteiger partial charge in [0, 0.05) is 17.7 Å². The zero-order valence-corrected chi connectivity index (χ0v) is 17.3. The number of esters is 1. The molecule has 0 aliphatic rings. The number of hydrogen-bond donors (Lipinski definition) is 2. The molecule has 30 heavy (non-hydrogen) atoms. The van der Waals surface area contributed by atoms with Crippen molar-refractivity contribution in [3.05, 3.63) is 107 Å². The van der Waals surface area contributed by atoms with Crippen LogP contribution in [0.15, 0.2) is 84.9 Å². The average Bonchev–Trinajstić information content (AvgIpc) is 2.79. The van der Waals surface area contributed by atoms with Crippen LogP contribution >= 0.6 is 0 Å². The molecule has 0 saturated heterocycles. The molecule has 0 aliphatic heterocycles. The van der Waals surface area contributed by atoms with Gasteiger partial charge >= 0.3 is 5.97 Å². The monoisotopic (exact) mass is 403 g/mol. The van der Waals surface area contributed by atoms with Crippen LogP contribution in [0.2, 0.25) is 0 Å². The highest BCUT2D eigenvalue weighted by Gasteiger charge is 2.24. The number of nitrogens with one attached hydrogen (secondary N) is 2. The normalized spacial score (nSPS) is 11.7. The molecule has 154 valence electrons. The van der Waals surface area contributed by atoms with E-state index >= 15 is 0 Å². The zero-order chi connectivity index (χ0) is 21.3. The third-order valence-corrected chi connectivity index (χ3v) is 5.06. The average molecular weight is 404 g/mol. The van der Waals surface area contributed by atoms with Crippen LogP contribution < -0.4 is 10.2 Å². The van der Waals surface area contributed by atoms with Crippen molar-refractivity contribution in [2.75, 3.05) is 20.7 Å². The van der Waals surface area contributed by atoms with E-state index in [0.717, 1.165) is 10.5 Å². The number of carbonyl (C=O) groups is 2. The van der Waals surface area contributed by atoms with E-state index < -0.39 is 0 Å². The van der Waals surface area contributed by atoms with Gasteiger partial charge in [0.25, 0.3) is 5.91 Å². The molecule has 5 nitrogen and oxygen atoms in total. The number of benzene rings is 3. The molecule has 0 aromatic heterocycles. The Kier molecular flexibility index (Phi) is 7.35. The molecule has 3 aromatic carbocycles. The molecule has 3 rings (SSSR count). The molecule has 0 aliphatic carbocycles. The quantitative estimate of drug-likeness (QED) is 0.568. The SMILES string of the molecule is COC(=O)c1ccc(CNC(=O)C[NH+](C)C(c2ccccc2)c2ccccc2)cc1. The minimum absolute atomic E-state index is 0.0265. The molecule has 0 bridgehead atoms. The summed E-state index contributed by atoms with van der Waals surface area (Å²) in [6, 6.07) is 27.6. The number of methoxy groups -OCH3 is 1. The van der Waals surface area contributed by atoms with E-state index in [1.54, 1.807) is 12.1 Å². The largest absolute Gasteiger partial charge is 0.465 e. The summed E-state index contributed by atoms with van der Waals surface area (Å²) in [5, 5.41) is 2.97. The number of amides is 1. The Morgan fingerprint density at radius 1 is 0.867 bits per heavy atom. The first kappa shape index (κ1) is 21.3. The number of rotatable bonds is 8. The molecule has 1 unspecified atom stereocenters. The fourth-order valence-corrected chi connectivity index (χ4v) is 3.55. The number of carbonyl (C=O) groups excluding carboxylic acids is 2. The number of likely N-dealkylation sites (N-methyl/N-ethyl adjacent to an activating group) is 1. The summed E-state index contributed by atoms with van der Waals surface area (Å²) in [5.74, 6) is -0.398. The Labute approximate surface area is 177 Å². The van der Waals surface area contributed by atoms with Gasteiger partial charge in [-0.25, -0.2) is 4.79 Å². The van der Waals surface area contributed by atoms with E-state index in [9.17, 15) is 9.59 Å². The molecule has 1 atom stereocenters. The van der Waals surface area contributed by atoms with Gasteiger partial charge in [0.2, 0.25) is 0 Å². The first-order valence-corrected chi connectivity index (χ1v) is 9.94. The third kappa shape index (κ3) is 5.55. The van der Waals surface area contributed by atoms with E-state index in [2.05, 4.69) is 29.6 Å². The molecular weight excluding hydrogens is 376 g/mol. The summed E-state index contributed by atoms with van der Waals surface area (Å²) >= 11 is 0. The maximum Gasteiger partial charge on any atom is 0.337 e. The Morgan fingerprint density at radius 2 is 1.40 bits per heavy atom. The van der Waals surface area contributed by atoms with E-state index in [1.807, 2.05) is 55.6 Å². The Bertz CT molecular complexity index is 917. The van der Waals surface area contributed by atoms with Gasteiger partial charge in [-0.1, -0.05) is 72.8 Å². The van der Waals surface area contributed by atoms with Gasteiger partial charge in [0.15, 0.2) is 6.54 Å². The van der Waals surface area contributed by atoms with Gasteiger partial charge in [0.05, 0.1) is 19.7 Å². The van der Waals surface area contributed by atoms with E-state index in [0.29, 0.717) is 18.7 Å². The van der Waals surface area contributed by atoms with Crippen molar-refractivity contribution < 1.29 is 19.2 Å². The van der Waals surface area contributed by atoms with Crippen molar-refractivity contribution in [2.24, 2.45) is 0 Å². The van der Waals surface area contributed by atoms with E-state index in [4.69, 9.17) is 4.74 Å². The highest BCUT2D eigenvalue weighted by Crippen LogP contribution is 2.18. The van der Waals surface area contributed by atoms with Crippen LogP contribution in [0.4, 0.5) is 0 Å². The summed E-state index contributed by atoms with van der Waals surface area (Å²) in [6.07, 6.45) is 0. The summed E-state index contributed by atoms with van der Waals surface area (Å²) in [6.45, 7) is 0.754. The van der Waals surface area contributed by atoms with Gasteiger partial charge in [-0.2, -0.15) is 0 Å². The second-order valence-electron chi connectivity index (χ2n) is 7.24. The highest BCUT2D eigenvalue weighted by atomic mass is 16.5. The molecule has 2 N–H and O–H groups in total. The lowest BCUT2D eigenvalue weighted by Gasteiger charge is -2.25. The molecule has 0 heterocycles. The Morgan fingerprint density at radius 3 is 1.90 bits per heavy atom. The predicted octanol–water partition coefficient (Wildman–Crippen LogP) is 2.39. The zero-order valence-electron chi connectivity index (χ0n) is 17.3. The summed E-state index contributed by atoms with van der Waals surface area (Å²) in [7, 11) is 3.39. The lowest BCUT2D eigenvalue weighted by atomic mass is 9.97. The molecular formula is C25H27N2O3+. The molecule has 0 saturated carbocycles. The Balaban J connectivity index is 1.63. The van der Waals surface area contributed by atoms with Gasteiger partial charge in [0.1, 0.15) is 6.04 Å². The highest BCUT2D eigenvalue weighted by molar-refractivity contribution is 5.89. The number of ether oxygens (including phenoxy) is 1. The minimum Gasteiger partial charge on any atom is -0.465 e. The second-order valence-corrected chi connectivity index (χ2v) is 7.24. The number of quaternary nitrogens is 1. The van der Waals surface area contributed by atoms with E-state index in [-0.39, 0.29) is 17.9 Å². The van der Waals surface area contributed by atoms with E-state index in [1.165, 1.54) is 18.2 Å². The van der Waals surface area contributed by atoms with Crippen LogP contribution in [0.1, 0.15) is 33.1 Å². The number of hydrogen-bond acceptors (Lipinski definition) is 3. The maximum absolute atomic E-state index is 12.6. The Hall–Kier alpha value is -3.44. The lowest BCUT2D eigenvalue weighted by Crippen LogP contribution is -3.10. The smallest absolute Gasteiger partial charge is 0.337 e. The first-order valence-electron chi connectivity index (χ1n) is 9.94. The molecule has 5 heteroatoms. The van der Waals surface area contributed by atoms with Crippen molar-refractivity contribution in [1.29, 1.82) is 0 Å². The standard InChI is InChI=1S/C25H26N2O3/c1-27(24(20-9-5-3-6-10-20)21-11-7-4-8-12-21)18-23(28)26-17-19-13-15-22(16-14-19)25(29)30-2/h3-16,24H,17-18H2,1-2H3,(H,26,28)/p+1. The maximum atomic E-state index is 12.6. The molecule has 0 spiro atoms. The minimum atomic E-state index is -0.372. The van der Waals surface area contributed by atoms with Crippen LogP contribution in [0.3, 0.4) is 0 Å². The fraction of sp³-hybridized carbons (Fsp3) is 0.200. The van der Waals surface area contributed by atoms with Gasteiger partial charge in [-0.05, 0) is 17.7 Å². The van der Waals surface area contributed by atoms with Crippen LogP contribution in [-0.4, -0.2) is 32.6 Å². The molecule has 3 aromatic rings. The topological polar surface area (TPSA) is 59.8 Å². The van der Waals surface area contributed by atoms with Crippen LogP contribution in [-0.2, 0) is 16.1 Å². The summed E-state index contributed by atoms with van der Waals surface area (Å²) < 4.78 is 4.70. The van der Waals surface area contributed by atoms with Crippen molar-refractivity contribution in [3.8, 4) is 0 Å². The first-order chi connectivity index (χ1) is 14.6. The van der Waals surface area contributed by atoms with Crippen LogP contribution in [0.5, 0.6) is 0 Å². The summed E-state index contributed by atoms with van der Waals surface area (Å²) in [4.78, 5) is 25.2. The van der Waals surface area contributed by atoms with Gasteiger partial charge in [-0.15, -0.1) is 0 Å². The van der Waals surface area contributed by atoms with Crippen molar-refractivity contribution >= 4 is 11.9 Å². The van der Waals surface area contributed by atoms with Crippen LogP contribution in [0, 0.1) is 0 Å². The predicted molar refractivity (Wildman–Crippen MR) is 116 cm³/mol. The van der Waals surface area contributed by atoms with Gasteiger partial charge in [-0.3, -0.25) is 4.79 Å². The van der Waals surface area contributed by atoms with Crippen molar-refractivity contribution in [2.45, 2.75) is 12.6 Å². The van der Waals surface area contributed by atoms with Gasteiger partial charge < -0.3 is 15.0 Å². The summed E-state index contributed by atoms with van der Waals surface area (Å²) in [5.41, 5.74) is 3.77. The molecule has 0 radical (unpaired) electrons. The second kappa shape index (κ2) is 10.4. The third-order valence-electron chi connectivity index (χ3n) is 5.06. The molecule has 0 fully saturated rings. The lowest BCUT2D eigenvalue weighted by molar-refractivity contribution is -0.898.